The number of benzene rings is 1. The summed E-state index contributed by atoms with van der Waals surface area (Å²) in [6.07, 6.45) is 1.55. The van der Waals surface area contributed by atoms with Crippen LogP contribution in [0.5, 0.6) is 0 Å². The Morgan fingerprint density at radius 3 is 2.73 bits per heavy atom. The van der Waals surface area contributed by atoms with Crippen LogP contribution in [-0.2, 0) is 4.57 Å². The van der Waals surface area contributed by atoms with Crippen LogP contribution in [0.2, 0.25) is 0 Å². The lowest BCUT2D eigenvalue weighted by Crippen LogP contribution is -2.13. The topological polar surface area (TPSA) is 94.0 Å². The molecule has 0 bridgehead atoms. The lowest BCUT2D eigenvalue weighted by atomic mass is 10.2. The molecule has 0 aliphatic heterocycles. The first kappa shape index (κ1) is 10.1. The minimum atomic E-state index is -3.26. The number of aromatic nitrogens is 1. The Morgan fingerprint density at radius 2 is 2.00 bits per heavy atom. The van der Waals surface area contributed by atoms with Crippen LogP contribution < -0.4 is 16.1 Å². The highest BCUT2D eigenvalue weighted by Crippen LogP contribution is 2.28. The molecule has 0 amide bonds. The largest absolute Gasteiger partial charge is 0.312 e. The molecule has 1 aromatic carbocycles. The van der Waals surface area contributed by atoms with E-state index in [4.69, 9.17) is 11.0 Å². The summed E-state index contributed by atoms with van der Waals surface area (Å²) < 4.78 is 11.1. The number of fused-ring (bicyclic) bond motifs is 1. The normalized spacial score (nSPS) is 11.6. The molecule has 0 saturated heterocycles. The first-order valence-corrected chi connectivity index (χ1v) is 6.19. The summed E-state index contributed by atoms with van der Waals surface area (Å²) in [5.74, 6) is 0. The van der Waals surface area contributed by atoms with Crippen LogP contribution in [0.15, 0.2) is 36.5 Å². The molecule has 1 aromatic heterocycles. The molecule has 2 aromatic rings. The third kappa shape index (κ3) is 2.53. The summed E-state index contributed by atoms with van der Waals surface area (Å²) in [5, 5.41) is 3.46. The number of rotatable bonds is 2. The number of nitrogens with one attached hydrogen (secondary N) is 1. The van der Waals surface area contributed by atoms with Gasteiger partial charge in [0.15, 0.2) is 0 Å². The van der Waals surface area contributed by atoms with Gasteiger partial charge < -0.3 is 5.09 Å². The van der Waals surface area contributed by atoms with Gasteiger partial charge in [-0.1, -0.05) is 18.2 Å². The van der Waals surface area contributed by atoms with Crippen LogP contribution >= 0.6 is 7.59 Å². The summed E-state index contributed by atoms with van der Waals surface area (Å²) in [6, 6.07) is 9.40. The number of anilines is 1. The smallest absolute Gasteiger partial charge is 0.298 e. The zero-order valence-electron chi connectivity index (χ0n) is 7.92. The Bertz CT molecular complexity index is 536. The molecule has 2 rings (SSSR count). The standard InChI is InChI=1S/C9H11N4OP/c10-15(11,14)13-8-5-7-3-1-2-4-9(7)12-6-8/h1-6H,(H5,10,11,13,14). The fourth-order valence-electron chi connectivity index (χ4n) is 1.33. The lowest BCUT2D eigenvalue weighted by Gasteiger charge is -2.10. The molecule has 0 radical (unpaired) electrons. The number of nitrogens with two attached hydrogens (primary N) is 2. The molecule has 0 spiro atoms. The molecule has 15 heavy (non-hydrogen) atoms. The maximum absolute atomic E-state index is 11.1. The Morgan fingerprint density at radius 1 is 1.27 bits per heavy atom. The van der Waals surface area contributed by atoms with Crippen LogP contribution in [-0.4, -0.2) is 4.98 Å². The number of nitrogens with zero attached hydrogens (tertiary/aromatic N) is 1. The van der Waals surface area contributed by atoms with E-state index in [0.29, 0.717) is 5.69 Å². The highest BCUT2D eigenvalue weighted by Gasteiger charge is 2.07. The highest BCUT2D eigenvalue weighted by atomic mass is 31.2. The molecule has 78 valence electrons. The van der Waals surface area contributed by atoms with Crippen molar-refractivity contribution in [3.8, 4) is 0 Å². The minimum Gasteiger partial charge on any atom is -0.312 e. The first-order chi connectivity index (χ1) is 7.04. The van der Waals surface area contributed by atoms with E-state index < -0.39 is 7.59 Å². The summed E-state index contributed by atoms with van der Waals surface area (Å²) in [6.45, 7) is 0. The third-order valence-electron chi connectivity index (χ3n) is 1.89. The van der Waals surface area contributed by atoms with Gasteiger partial charge in [0.2, 0.25) is 0 Å². The predicted octanol–water partition coefficient (Wildman–Crippen LogP) is 1.67. The molecule has 0 aliphatic rings. The number of hydrogen-bond acceptors (Lipinski definition) is 2. The van der Waals surface area contributed by atoms with E-state index in [2.05, 4.69) is 10.1 Å². The van der Waals surface area contributed by atoms with Crippen molar-refractivity contribution in [2.45, 2.75) is 0 Å². The maximum Gasteiger partial charge on any atom is 0.298 e. The van der Waals surface area contributed by atoms with E-state index in [0.717, 1.165) is 10.9 Å². The van der Waals surface area contributed by atoms with Crippen LogP contribution in [0.4, 0.5) is 5.69 Å². The molecular weight excluding hydrogens is 211 g/mol. The van der Waals surface area contributed by atoms with Gasteiger partial charge in [-0.3, -0.25) is 20.6 Å². The molecular formula is C9H11N4OP. The second-order valence-electron chi connectivity index (χ2n) is 3.24. The van der Waals surface area contributed by atoms with Crippen molar-refractivity contribution in [1.29, 1.82) is 0 Å². The van der Waals surface area contributed by atoms with E-state index >= 15 is 0 Å². The van der Waals surface area contributed by atoms with Gasteiger partial charge in [-0.25, -0.2) is 0 Å². The Balaban J connectivity index is 2.43. The molecule has 6 heteroatoms. The van der Waals surface area contributed by atoms with E-state index in [1.165, 1.54) is 0 Å². The van der Waals surface area contributed by atoms with Gasteiger partial charge in [0.25, 0.3) is 7.59 Å². The van der Waals surface area contributed by atoms with Crippen molar-refractivity contribution in [1.82, 2.24) is 4.98 Å². The van der Waals surface area contributed by atoms with Gasteiger partial charge >= 0.3 is 0 Å². The quantitative estimate of drug-likeness (QED) is 0.672. The van der Waals surface area contributed by atoms with Crippen molar-refractivity contribution >= 4 is 24.2 Å². The fourth-order valence-corrected chi connectivity index (χ4v) is 1.86. The monoisotopic (exact) mass is 222 g/mol. The van der Waals surface area contributed by atoms with E-state index in [-0.39, 0.29) is 0 Å². The summed E-state index contributed by atoms with van der Waals surface area (Å²) in [4.78, 5) is 4.17. The van der Waals surface area contributed by atoms with Gasteiger partial charge in [0.1, 0.15) is 0 Å². The van der Waals surface area contributed by atoms with Gasteiger partial charge in [0.05, 0.1) is 17.4 Å². The maximum atomic E-state index is 11.1. The molecule has 0 fully saturated rings. The average Bonchev–Trinajstić information content (AvgIpc) is 2.15. The summed E-state index contributed by atoms with van der Waals surface area (Å²) in [5.41, 5.74) is 11.8. The first-order valence-electron chi connectivity index (χ1n) is 4.35. The fraction of sp³-hybridized carbons (Fsp3) is 0. The van der Waals surface area contributed by atoms with Crippen molar-refractivity contribution < 1.29 is 4.57 Å². The zero-order chi connectivity index (χ0) is 10.9. The van der Waals surface area contributed by atoms with Crippen LogP contribution in [0, 0.1) is 0 Å². The van der Waals surface area contributed by atoms with E-state index in [9.17, 15) is 4.57 Å². The second kappa shape index (κ2) is 3.62. The van der Waals surface area contributed by atoms with Gasteiger partial charge in [0, 0.05) is 5.39 Å². The molecule has 0 aliphatic carbocycles. The molecule has 0 atom stereocenters. The van der Waals surface area contributed by atoms with Gasteiger partial charge in [-0.2, -0.15) is 0 Å². The van der Waals surface area contributed by atoms with Crippen LogP contribution in [0.25, 0.3) is 10.9 Å². The Kier molecular flexibility index (Phi) is 2.44. The number of pyridine rings is 1. The van der Waals surface area contributed by atoms with Crippen molar-refractivity contribution in [2.75, 3.05) is 5.09 Å². The van der Waals surface area contributed by atoms with Crippen molar-refractivity contribution in [3.05, 3.63) is 36.5 Å². The third-order valence-corrected chi connectivity index (χ3v) is 2.50. The van der Waals surface area contributed by atoms with E-state index in [1.807, 2.05) is 24.3 Å². The number of para-hydroxylation sites is 1. The van der Waals surface area contributed by atoms with E-state index in [1.54, 1.807) is 12.3 Å². The predicted molar refractivity (Wildman–Crippen MR) is 61.3 cm³/mol. The molecule has 5 nitrogen and oxygen atoms in total. The van der Waals surface area contributed by atoms with Crippen LogP contribution in [0.1, 0.15) is 0 Å². The lowest BCUT2D eigenvalue weighted by molar-refractivity contribution is 0.580. The Hall–Kier alpha value is -1.42. The molecule has 5 N–H and O–H groups in total. The summed E-state index contributed by atoms with van der Waals surface area (Å²) in [7, 11) is -3.26. The number of hydrogen-bond donors (Lipinski definition) is 3. The Labute approximate surface area is 87.0 Å². The molecule has 0 unspecified atom stereocenters. The highest BCUT2D eigenvalue weighted by molar-refractivity contribution is 7.60. The van der Waals surface area contributed by atoms with Crippen molar-refractivity contribution in [2.24, 2.45) is 11.0 Å². The van der Waals surface area contributed by atoms with Crippen molar-refractivity contribution in [3.63, 3.8) is 0 Å². The molecule has 0 saturated carbocycles. The van der Waals surface area contributed by atoms with Crippen LogP contribution in [0.3, 0.4) is 0 Å². The average molecular weight is 222 g/mol. The second-order valence-corrected chi connectivity index (χ2v) is 4.88. The molecule has 1 heterocycles. The zero-order valence-corrected chi connectivity index (χ0v) is 8.82. The minimum absolute atomic E-state index is 0.557. The van der Waals surface area contributed by atoms with Gasteiger partial charge in [-0.15, -0.1) is 0 Å². The SMILES string of the molecule is NP(N)(=O)Nc1cnc2ccccc2c1. The van der Waals surface area contributed by atoms with Gasteiger partial charge in [-0.05, 0) is 12.1 Å². The summed E-state index contributed by atoms with van der Waals surface area (Å²) >= 11 is 0.